The van der Waals surface area contributed by atoms with E-state index in [1.165, 1.54) is 0 Å². The third kappa shape index (κ3) is 2.86. The molecule has 5 nitrogen and oxygen atoms in total. The molecule has 0 atom stereocenters. The van der Waals surface area contributed by atoms with Crippen molar-refractivity contribution < 1.29 is 9.15 Å². The lowest BCUT2D eigenvalue weighted by Gasteiger charge is -2.05. The van der Waals surface area contributed by atoms with Gasteiger partial charge >= 0.3 is 0 Å². The monoisotopic (exact) mass is 331 g/mol. The molecular formula is C20H17N3O2. The van der Waals surface area contributed by atoms with Crippen molar-refractivity contribution in [2.24, 2.45) is 0 Å². The average Bonchev–Trinajstić information content (AvgIpc) is 3.25. The number of hydrogen-bond acceptors (Lipinski definition) is 4. The highest BCUT2D eigenvalue weighted by Gasteiger charge is 2.19. The molecule has 0 aliphatic rings. The number of aromatic nitrogens is 2. The number of benzene rings is 1. The van der Waals surface area contributed by atoms with Crippen molar-refractivity contribution in [2.45, 2.75) is 6.92 Å². The minimum atomic E-state index is 0.604. The van der Waals surface area contributed by atoms with Gasteiger partial charge in [-0.3, -0.25) is 4.40 Å². The van der Waals surface area contributed by atoms with Crippen LogP contribution in [0.4, 0.5) is 0 Å². The van der Waals surface area contributed by atoms with Crippen molar-refractivity contribution in [1.29, 1.82) is 5.26 Å². The number of hydrogen-bond donors (Lipinski definition) is 0. The van der Waals surface area contributed by atoms with E-state index in [1.807, 2.05) is 41.8 Å². The zero-order chi connectivity index (χ0) is 17.8. The van der Waals surface area contributed by atoms with Gasteiger partial charge in [-0.05, 0) is 37.3 Å². The lowest BCUT2D eigenvalue weighted by molar-refractivity contribution is 0.309. The van der Waals surface area contributed by atoms with Crippen LogP contribution in [0.25, 0.3) is 22.7 Å². The molecule has 0 N–H and O–H groups in total. The number of imidazole rings is 1. The Hall–Kier alpha value is -3.52. The van der Waals surface area contributed by atoms with Gasteiger partial charge in [0.1, 0.15) is 23.5 Å². The zero-order valence-corrected chi connectivity index (χ0v) is 14.1. The first kappa shape index (κ1) is 16.3. The second kappa shape index (κ2) is 6.93. The molecule has 0 unspecified atom stereocenters. The maximum absolute atomic E-state index is 8.97. The van der Waals surface area contributed by atoms with Gasteiger partial charge < -0.3 is 9.15 Å². The summed E-state index contributed by atoms with van der Waals surface area (Å²) in [5.41, 5.74) is 3.56. The summed E-state index contributed by atoms with van der Waals surface area (Å²) in [7, 11) is 1.59. The molecule has 3 rings (SSSR count). The topological polar surface area (TPSA) is 63.5 Å². The predicted molar refractivity (Wildman–Crippen MR) is 96.5 cm³/mol. The van der Waals surface area contributed by atoms with Crippen molar-refractivity contribution in [2.75, 3.05) is 7.11 Å². The zero-order valence-electron chi connectivity index (χ0n) is 14.1. The highest BCUT2D eigenvalue weighted by molar-refractivity contribution is 5.83. The van der Waals surface area contributed by atoms with Crippen LogP contribution in [0.15, 0.2) is 71.7 Å². The fourth-order valence-electron chi connectivity index (χ4n) is 2.65. The highest BCUT2D eigenvalue weighted by atomic mass is 16.5. The largest absolute Gasteiger partial charge is 0.496 e. The molecule has 2 aromatic heterocycles. The molecule has 0 aliphatic carbocycles. The molecule has 25 heavy (non-hydrogen) atoms. The van der Waals surface area contributed by atoms with Crippen LogP contribution in [0.3, 0.4) is 0 Å². The Morgan fingerprint density at radius 1 is 1.36 bits per heavy atom. The number of nitriles is 1. The van der Waals surface area contributed by atoms with Crippen LogP contribution in [0, 0.1) is 11.3 Å². The van der Waals surface area contributed by atoms with Gasteiger partial charge in [-0.15, -0.1) is 0 Å². The molecule has 0 fully saturated rings. The fourth-order valence-corrected chi connectivity index (χ4v) is 2.65. The number of allylic oxidation sites excluding steroid dienone is 4. The van der Waals surface area contributed by atoms with Crippen molar-refractivity contribution in [3.05, 3.63) is 78.5 Å². The molecule has 5 heteroatoms. The lowest BCUT2D eigenvalue weighted by atomic mass is 10.1. The van der Waals surface area contributed by atoms with Crippen LogP contribution < -0.4 is 0 Å². The van der Waals surface area contributed by atoms with Crippen LogP contribution >= 0.6 is 0 Å². The number of nitrogens with zero attached hydrogens (tertiary/aromatic N) is 3. The minimum absolute atomic E-state index is 0.604. The third-order valence-corrected chi connectivity index (χ3v) is 3.79. The van der Waals surface area contributed by atoms with E-state index in [4.69, 9.17) is 19.4 Å². The SMILES string of the molecule is C=C/C(OC)=C(\C=C/C)c1nc(-c2ccc(C#N)cc2)n2ccoc12. The van der Waals surface area contributed by atoms with Crippen molar-refractivity contribution in [3.8, 4) is 17.5 Å². The first-order valence-corrected chi connectivity index (χ1v) is 7.73. The molecule has 3 aromatic rings. The van der Waals surface area contributed by atoms with E-state index in [0.717, 1.165) is 17.0 Å². The third-order valence-electron chi connectivity index (χ3n) is 3.79. The van der Waals surface area contributed by atoms with Gasteiger partial charge in [-0.1, -0.05) is 18.7 Å². The Kier molecular flexibility index (Phi) is 4.53. The number of ether oxygens (including phenoxy) is 1. The normalized spacial score (nSPS) is 12.2. The summed E-state index contributed by atoms with van der Waals surface area (Å²) in [6.45, 7) is 5.72. The Morgan fingerprint density at radius 3 is 2.72 bits per heavy atom. The van der Waals surface area contributed by atoms with E-state index in [-0.39, 0.29) is 0 Å². The van der Waals surface area contributed by atoms with Gasteiger partial charge in [-0.25, -0.2) is 4.98 Å². The molecule has 0 saturated heterocycles. The van der Waals surface area contributed by atoms with Crippen molar-refractivity contribution >= 4 is 11.3 Å². The lowest BCUT2D eigenvalue weighted by Crippen LogP contribution is -1.91. The fraction of sp³-hybridized carbons (Fsp3) is 0.100. The molecule has 0 radical (unpaired) electrons. The molecule has 2 heterocycles. The second-order valence-electron chi connectivity index (χ2n) is 5.24. The van der Waals surface area contributed by atoms with Gasteiger partial charge in [0.15, 0.2) is 0 Å². The van der Waals surface area contributed by atoms with E-state index in [9.17, 15) is 0 Å². The number of oxazole rings is 1. The summed E-state index contributed by atoms with van der Waals surface area (Å²) in [5, 5.41) is 8.97. The van der Waals surface area contributed by atoms with Gasteiger partial charge in [0, 0.05) is 17.3 Å². The Labute approximate surface area is 145 Å². The summed E-state index contributed by atoms with van der Waals surface area (Å²) in [6.07, 6.45) is 8.89. The molecule has 0 bridgehead atoms. The summed E-state index contributed by atoms with van der Waals surface area (Å²) < 4.78 is 12.9. The molecule has 124 valence electrons. The maximum atomic E-state index is 8.97. The maximum Gasteiger partial charge on any atom is 0.231 e. The molecule has 0 spiro atoms. The first-order valence-electron chi connectivity index (χ1n) is 7.73. The van der Waals surface area contributed by atoms with Crippen molar-refractivity contribution in [1.82, 2.24) is 9.38 Å². The average molecular weight is 331 g/mol. The number of rotatable bonds is 5. The summed E-state index contributed by atoms with van der Waals surface area (Å²) in [6, 6.07) is 9.39. The standard InChI is InChI=1S/C20H17N3O2/c1-4-6-16(17(5-2)24-3)18-20-23(11-12-25-20)19(22-18)15-9-7-14(13-21)8-10-15/h4-12H,2H2,1,3H3/b6-4-,17-16-. The molecule has 0 saturated carbocycles. The molecule has 1 aromatic carbocycles. The van der Waals surface area contributed by atoms with E-state index >= 15 is 0 Å². The van der Waals surface area contributed by atoms with Gasteiger partial charge in [0.2, 0.25) is 5.71 Å². The Balaban J connectivity index is 2.25. The Morgan fingerprint density at radius 2 is 2.12 bits per heavy atom. The second-order valence-corrected chi connectivity index (χ2v) is 5.24. The van der Waals surface area contributed by atoms with Crippen LogP contribution in [0.2, 0.25) is 0 Å². The van der Waals surface area contributed by atoms with E-state index in [0.29, 0.717) is 22.7 Å². The number of methoxy groups -OCH3 is 1. The molecule has 0 aliphatic heterocycles. The highest BCUT2D eigenvalue weighted by Crippen LogP contribution is 2.30. The summed E-state index contributed by atoms with van der Waals surface area (Å²) >= 11 is 0. The van der Waals surface area contributed by atoms with E-state index < -0.39 is 0 Å². The quantitative estimate of drug-likeness (QED) is 0.507. The van der Waals surface area contributed by atoms with Crippen LogP contribution in [0.1, 0.15) is 18.2 Å². The molecular weight excluding hydrogens is 314 g/mol. The summed E-state index contributed by atoms with van der Waals surface area (Å²) in [5.74, 6) is 1.34. The smallest absolute Gasteiger partial charge is 0.231 e. The van der Waals surface area contributed by atoms with Gasteiger partial charge in [-0.2, -0.15) is 5.26 Å². The van der Waals surface area contributed by atoms with Crippen molar-refractivity contribution in [3.63, 3.8) is 0 Å². The van der Waals surface area contributed by atoms with Gasteiger partial charge in [0.05, 0.1) is 18.7 Å². The first-order chi connectivity index (χ1) is 12.2. The number of fused-ring (bicyclic) bond motifs is 1. The van der Waals surface area contributed by atoms with E-state index in [2.05, 4.69) is 12.6 Å². The van der Waals surface area contributed by atoms with Gasteiger partial charge in [0.25, 0.3) is 0 Å². The predicted octanol–water partition coefficient (Wildman–Crippen LogP) is 4.59. The molecule has 0 amide bonds. The van der Waals surface area contributed by atoms with E-state index in [1.54, 1.807) is 31.6 Å². The minimum Gasteiger partial charge on any atom is -0.496 e. The van der Waals surface area contributed by atoms with Crippen LogP contribution in [0.5, 0.6) is 0 Å². The van der Waals surface area contributed by atoms with Crippen LogP contribution in [-0.4, -0.2) is 16.5 Å². The summed E-state index contributed by atoms with van der Waals surface area (Å²) in [4.78, 5) is 4.76. The van der Waals surface area contributed by atoms with Crippen LogP contribution in [-0.2, 0) is 4.74 Å². The Bertz CT molecular complexity index is 1010.